The number of likely N-dealkylation sites (tertiary alicyclic amines) is 1. The molecule has 1 aliphatic rings. The molecule has 8 heteroatoms. The monoisotopic (exact) mass is 491 g/mol. The van der Waals surface area contributed by atoms with Crippen LogP contribution in [0, 0.1) is 0 Å². The van der Waals surface area contributed by atoms with E-state index in [2.05, 4.69) is 37.1 Å². The molecular formula is C27H33N5O2S. The zero-order chi connectivity index (χ0) is 24.5. The zero-order valence-corrected chi connectivity index (χ0v) is 21.1. The number of thioether (sulfide) groups is 1. The lowest BCUT2D eigenvalue weighted by Crippen LogP contribution is -2.30. The van der Waals surface area contributed by atoms with Gasteiger partial charge in [-0.1, -0.05) is 72.8 Å². The molecule has 2 aromatic carbocycles. The van der Waals surface area contributed by atoms with Gasteiger partial charge in [0, 0.05) is 19.0 Å². The van der Waals surface area contributed by atoms with Crippen molar-refractivity contribution in [1.82, 2.24) is 25.0 Å². The second-order valence-electron chi connectivity index (χ2n) is 8.95. The summed E-state index contributed by atoms with van der Waals surface area (Å²) in [5.41, 5.74) is 2.96. The molecule has 1 aromatic heterocycles. The van der Waals surface area contributed by atoms with Crippen LogP contribution in [0.1, 0.15) is 53.5 Å². The number of nitrogens with one attached hydrogen (secondary N) is 1. The van der Waals surface area contributed by atoms with Crippen molar-refractivity contribution in [2.75, 3.05) is 25.4 Å². The first-order valence-corrected chi connectivity index (χ1v) is 13.2. The molecule has 0 bridgehead atoms. The van der Waals surface area contributed by atoms with Crippen LogP contribution in [0.25, 0.3) is 0 Å². The van der Waals surface area contributed by atoms with Crippen molar-refractivity contribution in [3.8, 4) is 0 Å². The lowest BCUT2D eigenvalue weighted by molar-refractivity contribution is -0.118. The van der Waals surface area contributed by atoms with E-state index in [0.717, 1.165) is 42.6 Å². The average Bonchev–Trinajstić information content (AvgIpc) is 3.24. The molecule has 0 radical (unpaired) electrons. The van der Waals surface area contributed by atoms with E-state index in [1.807, 2.05) is 42.5 Å². The Morgan fingerprint density at radius 2 is 1.66 bits per heavy atom. The van der Waals surface area contributed by atoms with E-state index in [0.29, 0.717) is 24.4 Å². The number of aromatic nitrogens is 3. The highest BCUT2D eigenvalue weighted by Crippen LogP contribution is 2.22. The first kappa shape index (κ1) is 25.1. The summed E-state index contributed by atoms with van der Waals surface area (Å²) in [6.45, 7) is 5.77. The van der Waals surface area contributed by atoms with E-state index >= 15 is 0 Å². The summed E-state index contributed by atoms with van der Waals surface area (Å²) in [7, 11) is 0. The number of carbonyl (C=O) groups is 2. The third kappa shape index (κ3) is 7.50. The van der Waals surface area contributed by atoms with Gasteiger partial charge in [-0.15, -0.1) is 10.2 Å². The highest BCUT2D eigenvalue weighted by atomic mass is 32.2. The minimum Gasteiger partial charge on any atom is -0.356 e. The quantitative estimate of drug-likeness (QED) is 0.323. The summed E-state index contributed by atoms with van der Waals surface area (Å²) >= 11 is 1.45. The first-order chi connectivity index (χ1) is 17.1. The van der Waals surface area contributed by atoms with Gasteiger partial charge in [0.05, 0.1) is 18.8 Å². The molecule has 0 saturated carbocycles. The van der Waals surface area contributed by atoms with Crippen LogP contribution in [-0.4, -0.2) is 56.7 Å². The molecule has 1 amide bonds. The topological polar surface area (TPSA) is 80.1 Å². The standard InChI is InChI=1S/C27H33N5O2S/c1-21(33)28-15-14-22-10-12-24(13-11-22)25(34)20-35-27-30-29-26(19-31-16-6-3-7-17-31)32(27)18-23-8-4-2-5-9-23/h2,4-5,8-13H,3,6-7,14-20H2,1H3,(H,28,33). The van der Waals surface area contributed by atoms with E-state index in [9.17, 15) is 9.59 Å². The normalized spacial score (nSPS) is 14.1. The van der Waals surface area contributed by atoms with Crippen molar-refractivity contribution in [1.29, 1.82) is 0 Å². The molecule has 184 valence electrons. The summed E-state index contributed by atoms with van der Waals surface area (Å²) < 4.78 is 2.16. The number of rotatable bonds is 11. The predicted molar refractivity (Wildman–Crippen MR) is 139 cm³/mol. The molecule has 7 nitrogen and oxygen atoms in total. The molecule has 2 heterocycles. The number of hydrogen-bond acceptors (Lipinski definition) is 6. The number of piperidine rings is 1. The Morgan fingerprint density at radius 3 is 2.37 bits per heavy atom. The average molecular weight is 492 g/mol. The van der Waals surface area contributed by atoms with Crippen molar-refractivity contribution < 1.29 is 9.59 Å². The fourth-order valence-corrected chi connectivity index (χ4v) is 5.09. The number of benzene rings is 2. The number of amides is 1. The van der Waals surface area contributed by atoms with Crippen molar-refractivity contribution in [2.24, 2.45) is 0 Å². The maximum atomic E-state index is 12.9. The second-order valence-corrected chi connectivity index (χ2v) is 9.89. The van der Waals surface area contributed by atoms with E-state index < -0.39 is 0 Å². The smallest absolute Gasteiger partial charge is 0.216 e. The summed E-state index contributed by atoms with van der Waals surface area (Å²) in [5.74, 6) is 1.29. The maximum Gasteiger partial charge on any atom is 0.216 e. The lowest BCUT2D eigenvalue weighted by atomic mass is 10.1. The SMILES string of the molecule is CC(=O)NCCc1ccc(C(=O)CSc2nnc(CN3CCCCC3)n2Cc2ccccc2)cc1. The molecule has 1 aliphatic heterocycles. The van der Waals surface area contributed by atoms with Gasteiger partial charge in [0.1, 0.15) is 5.82 Å². The Hall–Kier alpha value is -2.97. The molecule has 4 rings (SSSR count). The van der Waals surface area contributed by atoms with Crippen LogP contribution in [0.2, 0.25) is 0 Å². The minimum absolute atomic E-state index is 0.0342. The van der Waals surface area contributed by atoms with Gasteiger partial charge in [-0.25, -0.2) is 0 Å². The Morgan fingerprint density at radius 1 is 0.914 bits per heavy atom. The van der Waals surface area contributed by atoms with Crippen LogP contribution in [0.4, 0.5) is 0 Å². The molecule has 3 aromatic rings. The lowest BCUT2D eigenvalue weighted by Gasteiger charge is -2.26. The first-order valence-electron chi connectivity index (χ1n) is 12.3. The highest BCUT2D eigenvalue weighted by molar-refractivity contribution is 7.99. The van der Waals surface area contributed by atoms with Crippen molar-refractivity contribution in [3.05, 3.63) is 77.1 Å². The molecule has 0 aliphatic carbocycles. The van der Waals surface area contributed by atoms with Gasteiger partial charge in [-0.05, 0) is 43.5 Å². The van der Waals surface area contributed by atoms with Crippen LogP contribution in [0.3, 0.4) is 0 Å². The fraction of sp³-hybridized carbons (Fsp3) is 0.407. The van der Waals surface area contributed by atoms with Gasteiger partial charge in [0.25, 0.3) is 0 Å². The maximum absolute atomic E-state index is 12.9. The molecule has 35 heavy (non-hydrogen) atoms. The van der Waals surface area contributed by atoms with Gasteiger partial charge in [-0.2, -0.15) is 0 Å². The van der Waals surface area contributed by atoms with Gasteiger partial charge in [-0.3, -0.25) is 14.5 Å². The summed E-state index contributed by atoms with van der Waals surface area (Å²) in [6, 6.07) is 18.0. The molecule has 1 fully saturated rings. The van der Waals surface area contributed by atoms with Crippen LogP contribution in [-0.2, 0) is 24.3 Å². The Labute approximate surface area is 211 Å². The van der Waals surface area contributed by atoms with Crippen molar-refractivity contribution >= 4 is 23.5 Å². The van der Waals surface area contributed by atoms with Crippen molar-refractivity contribution in [2.45, 2.75) is 50.9 Å². The van der Waals surface area contributed by atoms with Gasteiger partial charge < -0.3 is 9.88 Å². The van der Waals surface area contributed by atoms with Crippen LogP contribution in [0.5, 0.6) is 0 Å². The van der Waals surface area contributed by atoms with Gasteiger partial charge in [0.15, 0.2) is 10.9 Å². The van der Waals surface area contributed by atoms with Gasteiger partial charge in [0.2, 0.25) is 5.91 Å². The van der Waals surface area contributed by atoms with Crippen LogP contribution >= 0.6 is 11.8 Å². The fourth-order valence-electron chi connectivity index (χ4n) is 4.24. The Balaban J connectivity index is 1.41. The summed E-state index contributed by atoms with van der Waals surface area (Å²) in [5, 5.41) is 12.6. The van der Waals surface area contributed by atoms with E-state index in [4.69, 9.17) is 0 Å². The van der Waals surface area contributed by atoms with Crippen molar-refractivity contribution in [3.63, 3.8) is 0 Å². The van der Waals surface area contributed by atoms with E-state index in [1.54, 1.807) is 0 Å². The third-order valence-electron chi connectivity index (χ3n) is 6.19. The zero-order valence-electron chi connectivity index (χ0n) is 20.3. The number of ketones is 1. The minimum atomic E-state index is -0.0342. The molecule has 0 unspecified atom stereocenters. The Kier molecular flexibility index (Phi) is 9.08. The second kappa shape index (κ2) is 12.7. The van der Waals surface area contributed by atoms with E-state index in [-0.39, 0.29) is 11.7 Å². The molecule has 0 atom stereocenters. The van der Waals surface area contributed by atoms with Crippen LogP contribution < -0.4 is 5.32 Å². The van der Waals surface area contributed by atoms with Gasteiger partial charge >= 0.3 is 0 Å². The molecular weight excluding hydrogens is 458 g/mol. The number of carbonyl (C=O) groups excluding carboxylic acids is 2. The molecule has 1 saturated heterocycles. The third-order valence-corrected chi connectivity index (χ3v) is 7.15. The number of Topliss-reactive ketones (excluding diaryl/α,β-unsaturated/α-hetero) is 1. The highest BCUT2D eigenvalue weighted by Gasteiger charge is 2.19. The number of hydrogen-bond donors (Lipinski definition) is 1. The summed E-state index contributed by atoms with van der Waals surface area (Å²) in [6.07, 6.45) is 4.50. The predicted octanol–water partition coefficient (Wildman–Crippen LogP) is 3.97. The largest absolute Gasteiger partial charge is 0.356 e. The van der Waals surface area contributed by atoms with Crippen LogP contribution in [0.15, 0.2) is 59.8 Å². The Bertz CT molecular complexity index is 1110. The summed E-state index contributed by atoms with van der Waals surface area (Å²) in [4.78, 5) is 26.4. The number of nitrogens with zero attached hydrogens (tertiary/aromatic N) is 4. The molecule has 0 spiro atoms. The van der Waals surface area contributed by atoms with E-state index in [1.165, 1.54) is 43.5 Å². The molecule has 1 N–H and O–H groups in total.